The van der Waals surface area contributed by atoms with Gasteiger partial charge in [-0.05, 0) is 77.1 Å². The van der Waals surface area contributed by atoms with Crippen LogP contribution in [0.2, 0.25) is 0 Å². The SMILES string of the molecule is Cc1cccc(C[C@@H](O)C=C[C@@H]2[C@H]3CC(CCCCCN(C)C)=C[C@H]3C[C@H]2O)c1. The van der Waals surface area contributed by atoms with Crippen LogP contribution in [0.1, 0.15) is 49.7 Å². The van der Waals surface area contributed by atoms with E-state index in [1.807, 2.05) is 12.1 Å². The van der Waals surface area contributed by atoms with Crippen molar-refractivity contribution in [3.63, 3.8) is 0 Å². The van der Waals surface area contributed by atoms with Crippen molar-refractivity contribution in [2.24, 2.45) is 17.8 Å². The molecule has 29 heavy (non-hydrogen) atoms. The van der Waals surface area contributed by atoms with E-state index in [4.69, 9.17) is 0 Å². The topological polar surface area (TPSA) is 43.7 Å². The van der Waals surface area contributed by atoms with E-state index in [-0.39, 0.29) is 12.0 Å². The molecule has 160 valence electrons. The van der Waals surface area contributed by atoms with E-state index < -0.39 is 6.10 Å². The molecule has 1 fully saturated rings. The Balaban J connectivity index is 1.47. The van der Waals surface area contributed by atoms with Crippen LogP contribution in [0.15, 0.2) is 48.1 Å². The van der Waals surface area contributed by atoms with Crippen LogP contribution in [-0.4, -0.2) is 48.0 Å². The van der Waals surface area contributed by atoms with Gasteiger partial charge in [0.25, 0.3) is 0 Å². The summed E-state index contributed by atoms with van der Waals surface area (Å²) >= 11 is 0. The summed E-state index contributed by atoms with van der Waals surface area (Å²) in [6.07, 6.45) is 13.4. The number of benzene rings is 1. The van der Waals surface area contributed by atoms with E-state index in [1.165, 1.54) is 37.8 Å². The van der Waals surface area contributed by atoms with Crippen molar-refractivity contribution < 1.29 is 10.2 Å². The third-order valence-electron chi connectivity index (χ3n) is 6.64. The average Bonchev–Trinajstić information content (AvgIpc) is 3.16. The number of rotatable bonds is 10. The Morgan fingerprint density at radius 2 is 2.03 bits per heavy atom. The largest absolute Gasteiger partial charge is 0.392 e. The number of hydrogen-bond acceptors (Lipinski definition) is 3. The fourth-order valence-corrected chi connectivity index (χ4v) is 5.15. The third kappa shape index (κ3) is 6.53. The molecule has 5 atom stereocenters. The molecule has 0 heterocycles. The molecule has 2 aliphatic rings. The van der Waals surface area contributed by atoms with Gasteiger partial charge in [0.15, 0.2) is 0 Å². The van der Waals surface area contributed by atoms with Crippen molar-refractivity contribution in [2.75, 3.05) is 20.6 Å². The highest BCUT2D eigenvalue weighted by Gasteiger charge is 2.43. The lowest BCUT2D eigenvalue weighted by Gasteiger charge is -2.19. The lowest BCUT2D eigenvalue weighted by atomic mass is 9.88. The molecule has 2 aliphatic carbocycles. The zero-order valence-corrected chi connectivity index (χ0v) is 18.4. The molecule has 1 saturated carbocycles. The molecule has 1 aromatic carbocycles. The maximum Gasteiger partial charge on any atom is 0.0761 e. The molecule has 0 radical (unpaired) electrons. The minimum Gasteiger partial charge on any atom is -0.392 e. The van der Waals surface area contributed by atoms with E-state index in [0.29, 0.717) is 18.3 Å². The highest BCUT2D eigenvalue weighted by Crippen LogP contribution is 2.48. The first-order valence-electron chi connectivity index (χ1n) is 11.4. The highest BCUT2D eigenvalue weighted by atomic mass is 16.3. The van der Waals surface area contributed by atoms with Gasteiger partial charge in [0.2, 0.25) is 0 Å². The minimum atomic E-state index is -0.492. The normalized spacial score (nSPS) is 27.6. The highest BCUT2D eigenvalue weighted by molar-refractivity contribution is 5.24. The Bertz CT molecular complexity index is 708. The number of unbranched alkanes of at least 4 members (excludes halogenated alkanes) is 2. The van der Waals surface area contributed by atoms with Crippen LogP contribution in [0.4, 0.5) is 0 Å². The average molecular weight is 398 g/mol. The van der Waals surface area contributed by atoms with Crippen LogP contribution in [0.25, 0.3) is 0 Å². The zero-order valence-electron chi connectivity index (χ0n) is 18.4. The molecule has 0 aromatic heterocycles. The van der Waals surface area contributed by atoms with E-state index in [2.05, 4.69) is 56.3 Å². The molecular weight excluding hydrogens is 358 g/mol. The Kier molecular flexibility index (Phi) is 8.11. The first kappa shape index (κ1) is 22.3. The summed E-state index contributed by atoms with van der Waals surface area (Å²) in [7, 11) is 4.27. The smallest absolute Gasteiger partial charge is 0.0761 e. The maximum atomic E-state index is 10.6. The van der Waals surface area contributed by atoms with Crippen LogP contribution in [0, 0.1) is 24.7 Å². The molecule has 0 saturated heterocycles. The predicted octanol–water partition coefficient (Wildman–Crippen LogP) is 4.52. The standard InChI is InChI=1S/C26H39NO2/c1-19-8-7-10-20(14-19)16-23(28)11-12-24-25-17-21(15-22(25)18-26(24)29)9-5-4-6-13-27(2)3/h7-8,10-12,14-15,22-26,28-29H,4-6,9,13,16-18H2,1-3H3/t22-,23-,24+,25-,26+/m0/s1. The van der Waals surface area contributed by atoms with Gasteiger partial charge in [0.05, 0.1) is 12.2 Å². The molecule has 0 unspecified atom stereocenters. The second-order valence-electron chi connectivity index (χ2n) is 9.50. The molecule has 1 aromatic rings. The molecule has 3 rings (SSSR count). The number of fused-ring (bicyclic) bond motifs is 1. The number of nitrogens with zero attached hydrogens (tertiary/aromatic N) is 1. The summed E-state index contributed by atoms with van der Waals surface area (Å²) in [6, 6.07) is 8.31. The molecule has 3 nitrogen and oxygen atoms in total. The lowest BCUT2D eigenvalue weighted by Crippen LogP contribution is -2.18. The monoisotopic (exact) mass is 397 g/mol. The molecule has 2 N–H and O–H groups in total. The van der Waals surface area contributed by atoms with Crippen molar-refractivity contribution in [2.45, 2.75) is 64.1 Å². The van der Waals surface area contributed by atoms with Gasteiger partial charge in [0.1, 0.15) is 0 Å². The Labute approximate surface area is 177 Å². The Morgan fingerprint density at radius 3 is 2.79 bits per heavy atom. The lowest BCUT2D eigenvalue weighted by molar-refractivity contribution is 0.140. The molecular formula is C26H39NO2. The van der Waals surface area contributed by atoms with E-state index >= 15 is 0 Å². The number of aryl methyl sites for hydroxylation is 1. The van der Waals surface area contributed by atoms with Crippen LogP contribution in [0.3, 0.4) is 0 Å². The van der Waals surface area contributed by atoms with Crippen molar-refractivity contribution in [1.29, 1.82) is 0 Å². The summed E-state index contributed by atoms with van der Waals surface area (Å²) in [6.45, 7) is 3.25. The Hall–Kier alpha value is -1.42. The fourth-order valence-electron chi connectivity index (χ4n) is 5.15. The van der Waals surface area contributed by atoms with Crippen LogP contribution >= 0.6 is 0 Å². The summed E-state index contributed by atoms with van der Waals surface area (Å²) in [5, 5.41) is 21.0. The summed E-state index contributed by atoms with van der Waals surface area (Å²) in [5.41, 5.74) is 3.97. The van der Waals surface area contributed by atoms with Crippen LogP contribution < -0.4 is 0 Å². The summed E-state index contributed by atoms with van der Waals surface area (Å²) in [5.74, 6) is 1.21. The summed E-state index contributed by atoms with van der Waals surface area (Å²) < 4.78 is 0. The van der Waals surface area contributed by atoms with Gasteiger partial charge in [-0.2, -0.15) is 0 Å². The second kappa shape index (κ2) is 10.6. The van der Waals surface area contributed by atoms with Crippen molar-refractivity contribution >= 4 is 0 Å². The van der Waals surface area contributed by atoms with Gasteiger partial charge in [0, 0.05) is 12.3 Å². The van der Waals surface area contributed by atoms with Crippen molar-refractivity contribution in [3.05, 3.63) is 59.2 Å². The minimum absolute atomic E-state index is 0.176. The van der Waals surface area contributed by atoms with Gasteiger partial charge in [-0.25, -0.2) is 0 Å². The van der Waals surface area contributed by atoms with Gasteiger partial charge in [-0.15, -0.1) is 0 Å². The van der Waals surface area contributed by atoms with Gasteiger partial charge >= 0.3 is 0 Å². The molecule has 3 heteroatoms. The predicted molar refractivity (Wildman–Crippen MR) is 121 cm³/mol. The summed E-state index contributed by atoms with van der Waals surface area (Å²) in [4.78, 5) is 2.25. The first-order chi connectivity index (χ1) is 13.9. The van der Waals surface area contributed by atoms with Crippen LogP contribution in [0.5, 0.6) is 0 Å². The maximum absolute atomic E-state index is 10.6. The van der Waals surface area contributed by atoms with Gasteiger partial charge < -0.3 is 15.1 Å². The number of allylic oxidation sites excluding steroid dienone is 2. The van der Waals surface area contributed by atoms with Crippen molar-refractivity contribution in [3.8, 4) is 0 Å². The fraction of sp³-hybridized carbons (Fsp3) is 0.615. The third-order valence-corrected chi connectivity index (χ3v) is 6.64. The van der Waals surface area contributed by atoms with E-state index in [9.17, 15) is 10.2 Å². The van der Waals surface area contributed by atoms with Gasteiger partial charge in [-0.3, -0.25) is 0 Å². The van der Waals surface area contributed by atoms with Crippen LogP contribution in [-0.2, 0) is 6.42 Å². The number of hydrogen-bond donors (Lipinski definition) is 2. The number of aliphatic hydroxyl groups excluding tert-OH is 2. The first-order valence-corrected chi connectivity index (χ1v) is 11.4. The van der Waals surface area contributed by atoms with E-state index in [1.54, 1.807) is 5.57 Å². The van der Waals surface area contributed by atoms with Gasteiger partial charge in [-0.1, -0.05) is 60.1 Å². The zero-order chi connectivity index (χ0) is 20.8. The molecule has 0 spiro atoms. The Morgan fingerprint density at radius 1 is 1.21 bits per heavy atom. The molecule has 0 aliphatic heterocycles. The quantitative estimate of drug-likeness (QED) is 0.451. The van der Waals surface area contributed by atoms with Crippen molar-refractivity contribution in [1.82, 2.24) is 4.90 Å². The molecule has 0 amide bonds. The van der Waals surface area contributed by atoms with E-state index in [0.717, 1.165) is 18.4 Å². The second-order valence-corrected chi connectivity index (χ2v) is 9.50. The molecule has 0 bridgehead atoms. The number of aliphatic hydroxyl groups is 2.